The van der Waals surface area contributed by atoms with Crippen LogP contribution in [0.2, 0.25) is 0 Å². The maximum atomic E-state index is 16.5. The number of carbonyl (C=O) groups excluding carboxylic acids is 2. The molecule has 0 N–H and O–H groups in total. The number of hydrogen-bond donors (Lipinski definition) is 0. The van der Waals surface area contributed by atoms with Crippen molar-refractivity contribution in [1.29, 1.82) is 0 Å². The minimum atomic E-state index is -0.0212. The summed E-state index contributed by atoms with van der Waals surface area (Å²) < 4.78 is 0. The third-order valence-corrected chi connectivity index (χ3v) is 30.4. The summed E-state index contributed by atoms with van der Waals surface area (Å²) >= 11 is 15.3. The fourth-order valence-corrected chi connectivity index (χ4v) is 24.3. The van der Waals surface area contributed by atoms with Crippen molar-refractivity contribution in [3.63, 3.8) is 0 Å². The molecule has 0 saturated carbocycles. The zero-order valence-electron chi connectivity index (χ0n) is 58.2. The van der Waals surface area contributed by atoms with Crippen LogP contribution < -0.4 is 0 Å². The van der Waals surface area contributed by atoms with E-state index in [1.165, 1.54) is 235 Å². The number of fused-ring (bicyclic) bond motifs is 1. The lowest BCUT2D eigenvalue weighted by Gasteiger charge is -2.29. The fourth-order valence-electron chi connectivity index (χ4n) is 14.7. The molecule has 10 rings (SSSR count). The lowest BCUT2D eigenvalue weighted by molar-refractivity contribution is -0.124. The predicted molar refractivity (Wildman–Crippen MR) is 421 cm³/mol. The summed E-state index contributed by atoms with van der Waals surface area (Å²) in [5.74, 6) is 2.30. The molecular formula is C80H112N4O2S8. The molecule has 0 bridgehead atoms. The topological polar surface area (TPSA) is 66.4 Å². The molecular weight excluding hydrogens is 1310 g/mol. The fraction of sp³-hybridized carbons (Fsp3) is 0.625. The number of rotatable bonds is 46. The van der Waals surface area contributed by atoms with E-state index in [0.717, 1.165) is 77.7 Å². The van der Waals surface area contributed by atoms with Crippen LogP contribution >= 0.6 is 92.0 Å². The average molecular weight is 1420 g/mol. The second-order valence-corrected chi connectivity index (χ2v) is 36.4. The number of aromatic nitrogens is 2. The van der Waals surface area contributed by atoms with Crippen LogP contribution in [0, 0.1) is 17.8 Å². The summed E-state index contributed by atoms with van der Waals surface area (Å²) in [6, 6.07) is 11.5. The minimum absolute atomic E-state index is 0.0212. The SMILES string of the molecule is CCCCCCCCC(CCCCCC)CN1C(=O)C2=C(c3ncc(-c4cc(CCCCCC)c(-c5ccc(-c6cccs6)s5)s4)s3)N(CC(CCCCCC)CCCCCCCC)C(=O)C2=C1c1ncc(C2=CC(CCCCCC)C(C3CC=C(C4=CCCS4)S3)S2)s1. The highest BCUT2D eigenvalue weighted by molar-refractivity contribution is 8.12. The Morgan fingerprint density at radius 2 is 1.03 bits per heavy atom. The number of aryl methyl sites for hydroxylation is 1. The van der Waals surface area contributed by atoms with Crippen molar-refractivity contribution in [2.75, 3.05) is 18.8 Å². The van der Waals surface area contributed by atoms with Crippen molar-refractivity contribution < 1.29 is 9.59 Å². The first-order chi connectivity index (χ1) is 46.2. The zero-order chi connectivity index (χ0) is 65.4. The molecule has 2 amide bonds. The van der Waals surface area contributed by atoms with E-state index in [-0.39, 0.29) is 11.8 Å². The maximum absolute atomic E-state index is 16.5. The zero-order valence-corrected chi connectivity index (χ0v) is 64.7. The lowest BCUT2D eigenvalue weighted by atomic mass is 9.93. The number of hydrogen-bond acceptors (Lipinski definition) is 12. The molecule has 5 atom stereocenters. The smallest absolute Gasteiger partial charge is 0.261 e. The van der Waals surface area contributed by atoms with Crippen molar-refractivity contribution in [3.8, 4) is 29.3 Å². The number of thiazole rings is 2. The van der Waals surface area contributed by atoms with Gasteiger partial charge in [0.2, 0.25) is 0 Å². The Balaban J connectivity index is 1.06. The molecule has 0 saturated heterocycles. The Bertz CT molecular complexity index is 3310. The van der Waals surface area contributed by atoms with Crippen LogP contribution in [0.1, 0.15) is 287 Å². The lowest BCUT2D eigenvalue weighted by Crippen LogP contribution is -2.35. The first-order valence-corrected chi connectivity index (χ1v) is 44.5. The van der Waals surface area contributed by atoms with E-state index in [1.54, 1.807) is 22.7 Å². The van der Waals surface area contributed by atoms with Gasteiger partial charge < -0.3 is 9.80 Å². The van der Waals surface area contributed by atoms with Gasteiger partial charge in [-0.3, -0.25) is 9.59 Å². The Hall–Kier alpha value is -2.95. The summed E-state index contributed by atoms with van der Waals surface area (Å²) in [7, 11) is 0. The molecule has 5 aromatic rings. The van der Waals surface area contributed by atoms with Crippen molar-refractivity contribution >= 4 is 120 Å². The molecule has 512 valence electrons. The first-order valence-electron chi connectivity index (χ1n) is 37.7. The molecule has 5 unspecified atom stereocenters. The number of carbonyl (C=O) groups is 2. The van der Waals surface area contributed by atoms with Gasteiger partial charge in [0.05, 0.1) is 32.3 Å². The van der Waals surface area contributed by atoms with Gasteiger partial charge >= 0.3 is 0 Å². The number of amides is 2. The van der Waals surface area contributed by atoms with Gasteiger partial charge in [0.25, 0.3) is 11.8 Å². The summed E-state index contributed by atoms with van der Waals surface area (Å²) in [6.45, 7) is 15.0. The minimum Gasteiger partial charge on any atom is -0.304 e. The van der Waals surface area contributed by atoms with Crippen LogP contribution in [0.3, 0.4) is 0 Å². The van der Waals surface area contributed by atoms with E-state index in [1.807, 2.05) is 45.8 Å². The van der Waals surface area contributed by atoms with E-state index in [2.05, 4.69) is 141 Å². The monoisotopic (exact) mass is 1420 g/mol. The van der Waals surface area contributed by atoms with Crippen LogP contribution in [-0.4, -0.2) is 60.9 Å². The van der Waals surface area contributed by atoms with Crippen molar-refractivity contribution in [3.05, 3.63) is 108 Å². The third kappa shape index (κ3) is 19.7. The van der Waals surface area contributed by atoms with Gasteiger partial charge in [-0.05, 0) is 111 Å². The Morgan fingerprint density at radius 1 is 0.500 bits per heavy atom. The van der Waals surface area contributed by atoms with Gasteiger partial charge in [0.15, 0.2) is 0 Å². The van der Waals surface area contributed by atoms with Gasteiger partial charge in [-0.2, -0.15) is 0 Å². The molecule has 10 heterocycles. The number of unbranched alkanes of at least 4 members (excludes halogenated alkanes) is 22. The molecule has 0 fully saturated rings. The molecule has 0 spiro atoms. The summed E-state index contributed by atoms with van der Waals surface area (Å²) in [4.78, 5) is 61.2. The molecule has 5 aliphatic rings. The molecule has 5 aromatic heterocycles. The van der Waals surface area contributed by atoms with E-state index >= 15 is 9.59 Å². The molecule has 5 aliphatic heterocycles. The number of allylic oxidation sites excluding steroid dienone is 3. The Labute approximate surface area is 601 Å². The maximum Gasteiger partial charge on any atom is 0.261 e. The van der Waals surface area contributed by atoms with Crippen molar-refractivity contribution in [1.82, 2.24) is 19.8 Å². The summed E-state index contributed by atoms with van der Waals surface area (Å²) in [5, 5.41) is 4.81. The molecule has 0 aliphatic carbocycles. The second kappa shape index (κ2) is 39.2. The van der Waals surface area contributed by atoms with E-state index in [9.17, 15) is 0 Å². The number of thiophene rings is 3. The molecule has 6 nitrogen and oxygen atoms in total. The Morgan fingerprint density at radius 3 is 1.60 bits per heavy atom. The summed E-state index contributed by atoms with van der Waals surface area (Å²) in [5.41, 5.74) is 4.09. The van der Waals surface area contributed by atoms with Crippen molar-refractivity contribution in [2.45, 2.75) is 283 Å². The van der Waals surface area contributed by atoms with Gasteiger partial charge in [-0.25, -0.2) is 9.97 Å². The van der Waals surface area contributed by atoms with E-state index in [0.29, 0.717) is 52.5 Å². The van der Waals surface area contributed by atoms with Crippen molar-refractivity contribution in [2.24, 2.45) is 17.8 Å². The van der Waals surface area contributed by atoms with E-state index < -0.39 is 0 Å². The van der Waals surface area contributed by atoms with Crippen LogP contribution in [0.25, 0.3) is 45.6 Å². The third-order valence-electron chi connectivity index (χ3n) is 20.1. The highest BCUT2D eigenvalue weighted by atomic mass is 32.2. The van der Waals surface area contributed by atoms with Crippen LogP contribution in [0.5, 0.6) is 0 Å². The quantitative estimate of drug-likeness (QED) is 0.0360. The van der Waals surface area contributed by atoms with Gasteiger partial charge in [-0.15, -0.1) is 92.0 Å². The van der Waals surface area contributed by atoms with Gasteiger partial charge in [-0.1, -0.05) is 239 Å². The van der Waals surface area contributed by atoms with Gasteiger partial charge in [0.1, 0.15) is 10.0 Å². The number of thioether (sulfide) groups is 3. The molecule has 94 heavy (non-hydrogen) atoms. The van der Waals surface area contributed by atoms with Crippen LogP contribution in [0.4, 0.5) is 0 Å². The van der Waals surface area contributed by atoms with Gasteiger partial charge in [0, 0.05) is 80.8 Å². The van der Waals surface area contributed by atoms with Crippen LogP contribution in [-0.2, 0) is 16.0 Å². The standard InChI is InChI=1S/C80H112N4O2S8/c1-7-13-19-25-27-31-39-57(37-29-21-15-9-3)55-83-73(77-81-53-69(93-77)67-51-59(41-33-23-17-11-5)75(91-67)65-47-45-63(89-65)61-43-35-49-87-61)71-72(79(83)85)74(84(80(71)86)56-58(38-30-22-16-10-4)40-32-28-26-20-14-8-2)78-82-54-70(94-78)68-52-60(42-34-24-18-12-6)76(92-68)66-48-46-64(90-66)62-44-36-50-88-62/h35,43-47,49,51-54,57-58,60,66,76H,7-34,36-42,48,50,55-56H2,1-6H3. The van der Waals surface area contributed by atoms with E-state index in [4.69, 9.17) is 9.97 Å². The average Bonchev–Trinajstić information content (AvgIpc) is 1.55. The molecule has 0 radical (unpaired) electrons. The second-order valence-electron chi connectivity index (χ2n) is 27.6. The molecule has 14 heteroatoms. The first kappa shape index (κ1) is 73.8. The normalized spacial score (nSPS) is 18.9. The molecule has 0 aromatic carbocycles. The highest BCUT2D eigenvalue weighted by Gasteiger charge is 2.51. The Kier molecular flexibility index (Phi) is 30.7. The van der Waals surface area contributed by atoms with Crippen LogP contribution in [0.15, 0.2) is 87.3 Å². The summed E-state index contributed by atoms with van der Waals surface area (Å²) in [6.07, 6.45) is 55.3. The largest absolute Gasteiger partial charge is 0.304 e. The predicted octanol–water partition coefficient (Wildman–Crippen LogP) is 26.8. The number of nitrogens with zero attached hydrogens (tertiary/aromatic N) is 4. The highest BCUT2D eigenvalue weighted by Crippen LogP contribution is 2.56.